The van der Waals surface area contributed by atoms with Gasteiger partial charge in [0.05, 0.1) is 5.52 Å². The molecular weight excluding hydrogens is 244 g/mol. The molecule has 1 saturated heterocycles. The van der Waals surface area contributed by atoms with Crippen LogP contribution in [0.15, 0.2) is 12.3 Å². The van der Waals surface area contributed by atoms with Gasteiger partial charge in [-0.15, -0.1) is 0 Å². The highest BCUT2D eigenvalue weighted by Gasteiger charge is 2.12. The van der Waals surface area contributed by atoms with E-state index in [4.69, 9.17) is 12.2 Å². The van der Waals surface area contributed by atoms with E-state index in [1.165, 1.54) is 25.9 Å². The number of nitrogens with one attached hydrogen (secondary N) is 1. The monoisotopic (exact) mass is 262 g/mol. The number of H-pyrrole nitrogens is 1. The fraction of sp³-hybridized carbons (Fsp3) is 0.538. The van der Waals surface area contributed by atoms with Gasteiger partial charge in [-0.25, -0.2) is 4.98 Å². The number of rotatable bonds is 3. The molecule has 0 spiro atoms. The third-order valence-electron chi connectivity index (χ3n) is 3.58. The van der Waals surface area contributed by atoms with E-state index in [-0.39, 0.29) is 0 Å². The number of imidazole rings is 1. The smallest absolute Gasteiger partial charge is 0.179 e. The Morgan fingerprint density at radius 1 is 1.33 bits per heavy atom. The van der Waals surface area contributed by atoms with E-state index in [1.54, 1.807) is 0 Å². The van der Waals surface area contributed by atoms with Crippen molar-refractivity contribution < 1.29 is 0 Å². The first-order valence-corrected chi connectivity index (χ1v) is 6.92. The van der Waals surface area contributed by atoms with Gasteiger partial charge in [-0.3, -0.25) is 0 Å². The van der Waals surface area contributed by atoms with Gasteiger partial charge in [0.15, 0.2) is 10.4 Å². The summed E-state index contributed by atoms with van der Waals surface area (Å²) in [6.45, 7) is 6.49. The van der Waals surface area contributed by atoms with Gasteiger partial charge in [-0.2, -0.15) is 0 Å². The Morgan fingerprint density at radius 3 is 2.89 bits per heavy atom. The maximum Gasteiger partial charge on any atom is 0.179 e. The summed E-state index contributed by atoms with van der Waals surface area (Å²) >= 11 is 5.39. The van der Waals surface area contributed by atoms with Crippen LogP contribution in [0.2, 0.25) is 0 Å². The number of hydrogen-bond donors (Lipinski definition) is 1. The average molecular weight is 262 g/mol. The second-order valence-electron chi connectivity index (χ2n) is 5.01. The third kappa shape index (κ3) is 2.20. The number of aromatic amines is 1. The Bertz CT molecular complexity index is 607. The van der Waals surface area contributed by atoms with Crippen molar-refractivity contribution >= 4 is 23.4 Å². The summed E-state index contributed by atoms with van der Waals surface area (Å²) in [5, 5.41) is 0. The van der Waals surface area contributed by atoms with Crippen molar-refractivity contribution in [2.45, 2.75) is 26.3 Å². The Morgan fingerprint density at radius 2 is 2.11 bits per heavy atom. The minimum Gasteiger partial charge on any atom is -0.329 e. The van der Waals surface area contributed by atoms with Crippen molar-refractivity contribution in [3.63, 3.8) is 0 Å². The molecule has 3 rings (SSSR count). The second kappa shape index (κ2) is 4.82. The van der Waals surface area contributed by atoms with Crippen LogP contribution in [0.4, 0.5) is 0 Å². The van der Waals surface area contributed by atoms with Crippen LogP contribution in [0, 0.1) is 11.7 Å². The molecule has 4 nitrogen and oxygen atoms in total. The minimum absolute atomic E-state index is 0.780. The van der Waals surface area contributed by atoms with Gasteiger partial charge >= 0.3 is 0 Å². The number of pyridine rings is 1. The molecule has 5 heteroatoms. The van der Waals surface area contributed by atoms with E-state index in [9.17, 15) is 0 Å². The topological polar surface area (TPSA) is 36.9 Å². The van der Waals surface area contributed by atoms with Crippen molar-refractivity contribution in [3.8, 4) is 0 Å². The van der Waals surface area contributed by atoms with Crippen molar-refractivity contribution in [2.75, 3.05) is 19.6 Å². The molecule has 0 radical (unpaired) electrons. The molecule has 0 unspecified atom stereocenters. The van der Waals surface area contributed by atoms with Crippen LogP contribution in [0.25, 0.3) is 11.2 Å². The summed E-state index contributed by atoms with van der Waals surface area (Å²) in [6, 6.07) is 2.10. The van der Waals surface area contributed by atoms with Crippen LogP contribution < -0.4 is 0 Å². The molecule has 1 fully saturated rings. The van der Waals surface area contributed by atoms with Crippen molar-refractivity contribution in [2.24, 2.45) is 0 Å². The van der Waals surface area contributed by atoms with Gasteiger partial charge in [0.2, 0.25) is 0 Å². The summed E-state index contributed by atoms with van der Waals surface area (Å²) in [4.78, 5) is 10.2. The zero-order valence-corrected chi connectivity index (χ0v) is 11.5. The summed E-state index contributed by atoms with van der Waals surface area (Å²) in [5.74, 6) is 0. The van der Waals surface area contributed by atoms with E-state index in [1.807, 2.05) is 13.1 Å². The standard InChI is InChI=1S/C13H18N4S/c1-10-8-11-12(14-9-10)17(13(18)15-11)7-6-16-4-2-3-5-16/h8-9H,2-7H2,1H3,(H,15,18). The first-order valence-electron chi connectivity index (χ1n) is 6.51. The Balaban J connectivity index is 1.86. The number of hydrogen-bond acceptors (Lipinski definition) is 3. The highest BCUT2D eigenvalue weighted by atomic mass is 32.1. The zero-order chi connectivity index (χ0) is 12.5. The zero-order valence-electron chi connectivity index (χ0n) is 10.6. The molecule has 0 aromatic carbocycles. The molecule has 1 N–H and O–H groups in total. The second-order valence-corrected chi connectivity index (χ2v) is 5.40. The highest BCUT2D eigenvalue weighted by Crippen LogP contribution is 2.14. The van der Waals surface area contributed by atoms with E-state index >= 15 is 0 Å². The fourth-order valence-corrected chi connectivity index (χ4v) is 2.89. The van der Waals surface area contributed by atoms with E-state index in [0.717, 1.165) is 34.6 Å². The molecular formula is C13H18N4S. The molecule has 2 aromatic heterocycles. The Labute approximate surface area is 112 Å². The summed E-state index contributed by atoms with van der Waals surface area (Å²) in [6.07, 6.45) is 4.56. The van der Waals surface area contributed by atoms with E-state index in [0.29, 0.717) is 0 Å². The quantitative estimate of drug-likeness (QED) is 0.864. The lowest BCUT2D eigenvalue weighted by molar-refractivity contribution is 0.323. The Kier molecular flexibility index (Phi) is 3.18. The van der Waals surface area contributed by atoms with Crippen LogP contribution in [-0.2, 0) is 6.54 Å². The number of likely N-dealkylation sites (tertiary alicyclic amines) is 1. The first-order chi connectivity index (χ1) is 8.74. The van der Waals surface area contributed by atoms with Gasteiger partial charge in [0.25, 0.3) is 0 Å². The summed E-state index contributed by atoms with van der Waals surface area (Å²) in [7, 11) is 0. The molecule has 2 aromatic rings. The van der Waals surface area contributed by atoms with Gasteiger partial charge in [-0.05, 0) is 56.7 Å². The molecule has 0 bridgehead atoms. The van der Waals surface area contributed by atoms with Crippen LogP contribution in [0.1, 0.15) is 18.4 Å². The molecule has 0 atom stereocenters. The molecule has 96 valence electrons. The van der Waals surface area contributed by atoms with Crippen LogP contribution in [0.5, 0.6) is 0 Å². The lowest BCUT2D eigenvalue weighted by Gasteiger charge is -2.14. The predicted molar refractivity (Wildman–Crippen MR) is 75.3 cm³/mol. The summed E-state index contributed by atoms with van der Waals surface area (Å²) < 4.78 is 2.89. The van der Waals surface area contributed by atoms with Gasteiger partial charge in [0, 0.05) is 19.3 Å². The molecule has 0 amide bonds. The van der Waals surface area contributed by atoms with Crippen LogP contribution >= 0.6 is 12.2 Å². The Hall–Kier alpha value is -1.20. The number of aromatic nitrogens is 3. The number of aryl methyl sites for hydroxylation is 1. The van der Waals surface area contributed by atoms with E-state index in [2.05, 4.69) is 25.5 Å². The average Bonchev–Trinajstić information content (AvgIpc) is 2.93. The van der Waals surface area contributed by atoms with Crippen molar-refractivity contribution in [1.82, 2.24) is 19.4 Å². The molecule has 18 heavy (non-hydrogen) atoms. The molecule has 1 aliphatic rings. The van der Waals surface area contributed by atoms with Crippen LogP contribution in [0.3, 0.4) is 0 Å². The third-order valence-corrected chi connectivity index (χ3v) is 3.91. The SMILES string of the molecule is Cc1cnc2c(c1)[nH]c(=S)n2CCN1CCCC1. The maximum absolute atomic E-state index is 5.39. The lowest BCUT2D eigenvalue weighted by atomic mass is 10.3. The molecule has 3 heterocycles. The maximum atomic E-state index is 5.39. The molecule has 0 aliphatic carbocycles. The molecule has 0 saturated carbocycles. The largest absolute Gasteiger partial charge is 0.329 e. The number of fused-ring (bicyclic) bond motifs is 1. The first kappa shape index (κ1) is 11.9. The van der Waals surface area contributed by atoms with Gasteiger partial charge in [-0.1, -0.05) is 0 Å². The van der Waals surface area contributed by atoms with Crippen molar-refractivity contribution in [1.29, 1.82) is 0 Å². The van der Waals surface area contributed by atoms with E-state index < -0.39 is 0 Å². The van der Waals surface area contributed by atoms with Crippen LogP contribution in [-0.4, -0.2) is 39.1 Å². The number of nitrogens with zero attached hydrogens (tertiary/aromatic N) is 3. The normalized spacial score (nSPS) is 16.7. The predicted octanol–water partition coefficient (Wildman–Crippen LogP) is 2.50. The van der Waals surface area contributed by atoms with Gasteiger partial charge in [0.1, 0.15) is 0 Å². The van der Waals surface area contributed by atoms with Crippen molar-refractivity contribution in [3.05, 3.63) is 22.6 Å². The highest BCUT2D eigenvalue weighted by molar-refractivity contribution is 7.71. The minimum atomic E-state index is 0.780. The lowest BCUT2D eigenvalue weighted by Crippen LogP contribution is -2.24. The molecule has 1 aliphatic heterocycles. The fourth-order valence-electron chi connectivity index (χ4n) is 2.60. The van der Waals surface area contributed by atoms with Gasteiger partial charge < -0.3 is 14.5 Å². The summed E-state index contributed by atoms with van der Waals surface area (Å²) in [5.41, 5.74) is 3.18.